The van der Waals surface area contributed by atoms with E-state index < -0.39 is 0 Å². The van der Waals surface area contributed by atoms with E-state index in [0.29, 0.717) is 6.61 Å². The number of nitrogens with zero attached hydrogens (tertiary/aromatic N) is 1. The number of hydrogen-bond donors (Lipinski definition) is 1. The number of aryl methyl sites for hydroxylation is 1. The van der Waals surface area contributed by atoms with Crippen LogP contribution in [0, 0.1) is 5.92 Å². The van der Waals surface area contributed by atoms with Crippen molar-refractivity contribution in [2.75, 3.05) is 11.5 Å². The average molecular weight is 428 g/mol. The third-order valence-electron chi connectivity index (χ3n) is 5.92. The number of hydrogen-bond acceptors (Lipinski definition) is 3. The summed E-state index contributed by atoms with van der Waals surface area (Å²) >= 11 is 0. The maximum Gasteiger partial charge on any atom is 0.233 e. The van der Waals surface area contributed by atoms with E-state index in [4.69, 9.17) is 4.74 Å². The summed E-state index contributed by atoms with van der Waals surface area (Å²) in [4.78, 5) is 14.6. The molecule has 0 aromatic heterocycles. The molecule has 1 fully saturated rings. The van der Waals surface area contributed by atoms with Crippen molar-refractivity contribution < 1.29 is 14.6 Å². The minimum Gasteiger partial charge on any atom is -0.508 e. The van der Waals surface area contributed by atoms with E-state index in [2.05, 4.69) is 31.2 Å². The number of amides is 1. The highest BCUT2D eigenvalue weighted by Crippen LogP contribution is 2.36. The molecule has 32 heavy (non-hydrogen) atoms. The van der Waals surface area contributed by atoms with Crippen molar-refractivity contribution in [3.05, 3.63) is 96.1 Å². The van der Waals surface area contributed by atoms with Crippen molar-refractivity contribution in [3.8, 4) is 11.5 Å². The van der Waals surface area contributed by atoms with Crippen LogP contribution in [0.5, 0.6) is 11.5 Å². The van der Waals surface area contributed by atoms with E-state index in [-0.39, 0.29) is 23.6 Å². The molecule has 1 aliphatic heterocycles. The predicted molar refractivity (Wildman–Crippen MR) is 129 cm³/mol. The Morgan fingerprint density at radius 1 is 0.969 bits per heavy atom. The Kier molecular flexibility index (Phi) is 6.90. The third kappa shape index (κ3) is 5.02. The maximum atomic E-state index is 12.7. The molecular formula is C28H29NO3. The van der Waals surface area contributed by atoms with Crippen LogP contribution in [-0.4, -0.2) is 23.7 Å². The third-order valence-corrected chi connectivity index (χ3v) is 5.92. The Labute approximate surface area is 189 Å². The van der Waals surface area contributed by atoms with Gasteiger partial charge in [0, 0.05) is 5.69 Å². The summed E-state index contributed by atoms with van der Waals surface area (Å²) in [6.07, 6.45) is 6.86. The first kappa shape index (κ1) is 21.7. The van der Waals surface area contributed by atoms with Crippen molar-refractivity contribution in [2.45, 2.75) is 32.2 Å². The molecule has 2 atom stereocenters. The van der Waals surface area contributed by atoms with Gasteiger partial charge in [-0.05, 0) is 66.8 Å². The maximum absolute atomic E-state index is 12.7. The first-order chi connectivity index (χ1) is 15.7. The van der Waals surface area contributed by atoms with Crippen molar-refractivity contribution >= 4 is 17.7 Å². The van der Waals surface area contributed by atoms with Crippen LogP contribution < -0.4 is 9.64 Å². The van der Waals surface area contributed by atoms with Crippen molar-refractivity contribution in [1.82, 2.24) is 0 Å². The number of carbonyl (C=O) groups excluding carboxylic acids is 1. The molecule has 1 saturated heterocycles. The molecule has 164 valence electrons. The highest BCUT2D eigenvalue weighted by atomic mass is 16.5. The van der Waals surface area contributed by atoms with Gasteiger partial charge in [-0.1, -0.05) is 61.5 Å². The van der Waals surface area contributed by atoms with Crippen molar-refractivity contribution in [2.24, 2.45) is 5.92 Å². The number of aromatic hydroxyl groups is 1. The van der Waals surface area contributed by atoms with Gasteiger partial charge in [-0.25, -0.2) is 0 Å². The standard InChI is InChI=1S/C28H29NO3/c1-2-26-27(19-12-21-7-4-3-5-8-21)29(28(26)31)23-13-17-25(18-14-23)32-20-6-9-22-10-15-24(30)16-11-22/h3-5,7-8,10-19,26-27,30H,2,6,9,20H2,1H3/b19-12+/t26-,27+/m0/s1. The molecule has 3 aromatic carbocycles. The lowest BCUT2D eigenvalue weighted by molar-refractivity contribution is -0.129. The van der Waals surface area contributed by atoms with Gasteiger partial charge in [0.2, 0.25) is 5.91 Å². The number of ether oxygens (including phenoxy) is 1. The second kappa shape index (κ2) is 10.2. The lowest BCUT2D eigenvalue weighted by Gasteiger charge is -2.45. The first-order valence-corrected chi connectivity index (χ1v) is 11.2. The molecule has 0 unspecified atom stereocenters. The van der Waals surface area contributed by atoms with E-state index in [1.54, 1.807) is 12.1 Å². The van der Waals surface area contributed by atoms with E-state index in [1.165, 1.54) is 5.56 Å². The van der Waals surface area contributed by atoms with Crippen LogP contribution >= 0.6 is 0 Å². The van der Waals surface area contributed by atoms with Gasteiger partial charge in [0.15, 0.2) is 0 Å². The zero-order valence-corrected chi connectivity index (χ0v) is 18.4. The van der Waals surface area contributed by atoms with Gasteiger partial charge >= 0.3 is 0 Å². The predicted octanol–water partition coefficient (Wildman–Crippen LogP) is 5.86. The molecule has 1 amide bonds. The van der Waals surface area contributed by atoms with E-state index in [9.17, 15) is 9.90 Å². The van der Waals surface area contributed by atoms with Gasteiger partial charge in [0.1, 0.15) is 11.5 Å². The van der Waals surface area contributed by atoms with Gasteiger partial charge in [0.05, 0.1) is 18.6 Å². The summed E-state index contributed by atoms with van der Waals surface area (Å²) in [5.41, 5.74) is 3.22. The summed E-state index contributed by atoms with van der Waals surface area (Å²) in [7, 11) is 0. The molecule has 3 aromatic rings. The lowest BCUT2D eigenvalue weighted by Crippen LogP contribution is -2.60. The molecule has 1 N–H and O–H groups in total. The van der Waals surface area contributed by atoms with Gasteiger partial charge in [-0.2, -0.15) is 0 Å². The SMILES string of the molecule is CC[C@@H]1C(=O)N(c2ccc(OCCCc3ccc(O)cc3)cc2)[C@@H]1/C=C/c1ccccc1. The second-order valence-corrected chi connectivity index (χ2v) is 8.10. The number of phenols is 1. The largest absolute Gasteiger partial charge is 0.508 e. The Morgan fingerprint density at radius 2 is 1.69 bits per heavy atom. The second-order valence-electron chi connectivity index (χ2n) is 8.10. The van der Waals surface area contributed by atoms with E-state index in [1.807, 2.05) is 59.5 Å². The summed E-state index contributed by atoms with van der Waals surface area (Å²) in [5, 5.41) is 9.35. The molecule has 1 heterocycles. The van der Waals surface area contributed by atoms with Crippen LogP contribution in [0.3, 0.4) is 0 Å². The van der Waals surface area contributed by atoms with Crippen LogP contribution in [-0.2, 0) is 11.2 Å². The van der Waals surface area contributed by atoms with Crippen molar-refractivity contribution in [1.29, 1.82) is 0 Å². The van der Waals surface area contributed by atoms with Gasteiger partial charge in [-0.15, -0.1) is 0 Å². The molecule has 0 saturated carbocycles. The molecular weight excluding hydrogens is 398 g/mol. The molecule has 1 aliphatic rings. The fourth-order valence-corrected chi connectivity index (χ4v) is 4.11. The average Bonchev–Trinajstić information content (AvgIpc) is 2.82. The summed E-state index contributed by atoms with van der Waals surface area (Å²) in [5.74, 6) is 1.30. The Hall–Kier alpha value is -3.53. The fraction of sp³-hybridized carbons (Fsp3) is 0.250. The Morgan fingerprint density at radius 3 is 2.38 bits per heavy atom. The van der Waals surface area contributed by atoms with Gasteiger partial charge < -0.3 is 14.7 Å². The monoisotopic (exact) mass is 427 g/mol. The summed E-state index contributed by atoms with van der Waals surface area (Å²) in [6, 6.07) is 25.3. The number of rotatable bonds is 9. The molecule has 4 nitrogen and oxygen atoms in total. The number of β-lactam (4-membered cyclic amide) rings is 1. The van der Waals surface area contributed by atoms with Crippen LogP contribution in [0.4, 0.5) is 5.69 Å². The fourth-order valence-electron chi connectivity index (χ4n) is 4.11. The Bertz CT molecular complexity index is 1040. The Balaban J connectivity index is 1.34. The molecule has 0 spiro atoms. The highest BCUT2D eigenvalue weighted by Gasteiger charge is 2.45. The molecule has 4 heteroatoms. The molecule has 0 bridgehead atoms. The van der Waals surface area contributed by atoms with Crippen LogP contribution in [0.15, 0.2) is 84.9 Å². The minimum absolute atomic E-state index is 0.0331. The van der Waals surface area contributed by atoms with Crippen molar-refractivity contribution in [3.63, 3.8) is 0 Å². The zero-order chi connectivity index (χ0) is 22.3. The van der Waals surface area contributed by atoms with Crippen LogP contribution in [0.1, 0.15) is 30.9 Å². The molecule has 0 radical (unpaired) electrons. The highest BCUT2D eigenvalue weighted by molar-refractivity contribution is 6.03. The topological polar surface area (TPSA) is 49.8 Å². The zero-order valence-electron chi connectivity index (χ0n) is 18.4. The van der Waals surface area contributed by atoms with Crippen LogP contribution in [0.25, 0.3) is 6.08 Å². The van der Waals surface area contributed by atoms with E-state index in [0.717, 1.165) is 36.3 Å². The molecule has 0 aliphatic carbocycles. The number of anilines is 1. The molecule has 4 rings (SSSR count). The normalized spacial score (nSPS) is 18.0. The minimum atomic E-state index is 0.0331. The number of carbonyl (C=O) groups is 1. The van der Waals surface area contributed by atoms with Gasteiger partial charge in [0.25, 0.3) is 0 Å². The summed E-state index contributed by atoms with van der Waals surface area (Å²) < 4.78 is 5.87. The lowest BCUT2D eigenvalue weighted by atomic mass is 9.84. The van der Waals surface area contributed by atoms with E-state index >= 15 is 0 Å². The number of phenolic OH excluding ortho intramolecular Hbond substituents is 1. The van der Waals surface area contributed by atoms with Gasteiger partial charge in [-0.3, -0.25) is 4.79 Å². The first-order valence-electron chi connectivity index (χ1n) is 11.2. The van der Waals surface area contributed by atoms with Crippen LogP contribution in [0.2, 0.25) is 0 Å². The quantitative estimate of drug-likeness (QED) is 0.344. The summed E-state index contributed by atoms with van der Waals surface area (Å²) in [6.45, 7) is 2.68. The number of benzene rings is 3. The smallest absolute Gasteiger partial charge is 0.233 e.